The zero-order chi connectivity index (χ0) is 19.6. The van der Waals surface area contributed by atoms with Gasteiger partial charge in [-0.05, 0) is 22.8 Å². The predicted molar refractivity (Wildman–Crippen MR) is 108 cm³/mol. The summed E-state index contributed by atoms with van der Waals surface area (Å²) in [6.07, 6.45) is 4.82. The van der Waals surface area contributed by atoms with Crippen molar-refractivity contribution in [2.24, 2.45) is 0 Å². The Morgan fingerprint density at radius 1 is 1.00 bits per heavy atom. The molecule has 28 heavy (non-hydrogen) atoms. The topological polar surface area (TPSA) is 77.8 Å². The third-order valence-electron chi connectivity index (χ3n) is 4.20. The van der Waals surface area contributed by atoms with Gasteiger partial charge in [-0.15, -0.1) is 0 Å². The Labute approximate surface area is 164 Å². The highest BCUT2D eigenvalue weighted by Gasteiger charge is 2.14. The fraction of sp³-hybridized carbons (Fsp3) is 0.0870. The molecule has 138 valence electrons. The second kappa shape index (κ2) is 9.70. The normalized spacial score (nSPS) is 10.9. The summed E-state index contributed by atoms with van der Waals surface area (Å²) in [6.45, 7) is 0.312. The molecule has 5 heteroatoms. The molecule has 0 fully saturated rings. The molecule has 0 atom stereocenters. The van der Waals surface area contributed by atoms with E-state index in [1.807, 2.05) is 72.8 Å². The Hall–Kier alpha value is -3.91. The van der Waals surface area contributed by atoms with Crippen molar-refractivity contribution in [1.29, 1.82) is 5.26 Å². The van der Waals surface area contributed by atoms with Gasteiger partial charge in [-0.3, -0.25) is 9.78 Å². The molecular weight excluding hydrogens is 348 g/mol. The highest BCUT2D eigenvalue weighted by Crippen LogP contribution is 2.21. The number of nitriles is 1. The summed E-state index contributed by atoms with van der Waals surface area (Å²) >= 11 is 0. The first kappa shape index (κ1) is 18.9. The monoisotopic (exact) mass is 368 g/mol. The molecular formula is C23H20N4O. The van der Waals surface area contributed by atoms with Crippen molar-refractivity contribution in [3.63, 3.8) is 0 Å². The van der Waals surface area contributed by atoms with Crippen molar-refractivity contribution in [2.75, 3.05) is 0 Å². The van der Waals surface area contributed by atoms with Crippen LogP contribution in [-0.4, -0.2) is 10.9 Å². The van der Waals surface area contributed by atoms with E-state index in [0.29, 0.717) is 6.54 Å². The number of aromatic nitrogens is 1. The Morgan fingerprint density at radius 3 is 2.18 bits per heavy atom. The van der Waals surface area contributed by atoms with Crippen molar-refractivity contribution in [1.82, 2.24) is 15.6 Å². The van der Waals surface area contributed by atoms with E-state index in [-0.39, 0.29) is 11.6 Å². The van der Waals surface area contributed by atoms with Crippen LogP contribution in [0.15, 0.2) is 97.0 Å². The molecule has 1 amide bonds. The van der Waals surface area contributed by atoms with Gasteiger partial charge in [0.25, 0.3) is 5.91 Å². The van der Waals surface area contributed by atoms with Crippen molar-refractivity contribution in [2.45, 2.75) is 12.6 Å². The minimum absolute atomic E-state index is 0.0146. The molecule has 0 aliphatic heterocycles. The van der Waals surface area contributed by atoms with Gasteiger partial charge in [0, 0.05) is 25.1 Å². The Bertz CT molecular complexity index is 924. The van der Waals surface area contributed by atoms with Crippen LogP contribution in [0.1, 0.15) is 22.7 Å². The van der Waals surface area contributed by atoms with Gasteiger partial charge >= 0.3 is 0 Å². The summed E-state index contributed by atoms with van der Waals surface area (Å²) < 4.78 is 0. The quantitative estimate of drug-likeness (QED) is 0.494. The number of hydrogen-bond acceptors (Lipinski definition) is 4. The van der Waals surface area contributed by atoms with Crippen LogP contribution >= 0.6 is 0 Å². The zero-order valence-corrected chi connectivity index (χ0v) is 15.2. The van der Waals surface area contributed by atoms with E-state index < -0.39 is 5.91 Å². The molecule has 3 rings (SSSR count). The summed E-state index contributed by atoms with van der Waals surface area (Å²) in [5, 5.41) is 15.4. The molecule has 0 unspecified atom stereocenters. The van der Waals surface area contributed by atoms with E-state index in [1.54, 1.807) is 18.5 Å². The number of rotatable bonds is 7. The molecule has 0 spiro atoms. The van der Waals surface area contributed by atoms with Crippen LogP contribution in [0, 0.1) is 11.3 Å². The number of hydrogen-bond donors (Lipinski definition) is 2. The van der Waals surface area contributed by atoms with Crippen LogP contribution in [0.3, 0.4) is 0 Å². The third-order valence-corrected chi connectivity index (χ3v) is 4.20. The Morgan fingerprint density at radius 2 is 1.64 bits per heavy atom. The summed E-state index contributed by atoms with van der Waals surface area (Å²) in [5.41, 5.74) is 2.96. The van der Waals surface area contributed by atoms with Crippen molar-refractivity contribution < 1.29 is 4.79 Å². The maximum absolute atomic E-state index is 12.4. The van der Waals surface area contributed by atoms with Crippen LogP contribution in [0.5, 0.6) is 0 Å². The fourth-order valence-corrected chi connectivity index (χ4v) is 2.77. The van der Waals surface area contributed by atoms with Crippen LogP contribution < -0.4 is 10.6 Å². The van der Waals surface area contributed by atoms with E-state index in [1.165, 1.54) is 6.20 Å². The van der Waals surface area contributed by atoms with Gasteiger partial charge in [0.05, 0.1) is 6.04 Å². The molecule has 0 radical (unpaired) electrons. The number of nitrogens with one attached hydrogen (secondary N) is 2. The first-order chi connectivity index (χ1) is 13.8. The standard InChI is InChI=1S/C23H20N4O/c24-14-21(23(28)27-16-18-8-7-13-25-15-18)17-26-22(19-9-3-1-4-10-19)20-11-5-2-6-12-20/h1-13,15,17,22,26H,16H2,(H,27,28)/b21-17-. The second-order valence-corrected chi connectivity index (χ2v) is 6.13. The Kier molecular flexibility index (Phi) is 6.53. The number of carbonyl (C=O) groups is 1. The lowest BCUT2D eigenvalue weighted by Gasteiger charge is -2.19. The minimum atomic E-state index is -0.432. The summed E-state index contributed by atoms with van der Waals surface area (Å²) in [6, 6.07) is 25.2. The van der Waals surface area contributed by atoms with Crippen molar-refractivity contribution in [3.8, 4) is 6.07 Å². The van der Waals surface area contributed by atoms with Crippen LogP contribution in [0.2, 0.25) is 0 Å². The molecule has 0 saturated heterocycles. The van der Waals surface area contributed by atoms with Gasteiger partial charge in [-0.1, -0.05) is 66.7 Å². The second-order valence-electron chi connectivity index (χ2n) is 6.13. The highest BCUT2D eigenvalue weighted by atomic mass is 16.1. The molecule has 2 aromatic carbocycles. The van der Waals surface area contributed by atoms with E-state index in [9.17, 15) is 10.1 Å². The zero-order valence-electron chi connectivity index (χ0n) is 15.2. The molecule has 0 aliphatic carbocycles. The Balaban J connectivity index is 1.75. The average Bonchev–Trinajstić information content (AvgIpc) is 2.77. The highest BCUT2D eigenvalue weighted by molar-refractivity contribution is 5.97. The van der Waals surface area contributed by atoms with Gasteiger partial charge in [0.2, 0.25) is 0 Å². The van der Waals surface area contributed by atoms with E-state index in [2.05, 4.69) is 15.6 Å². The maximum atomic E-state index is 12.4. The summed E-state index contributed by atoms with van der Waals surface area (Å²) in [4.78, 5) is 16.4. The molecule has 1 heterocycles. The molecule has 0 bridgehead atoms. The number of benzene rings is 2. The average molecular weight is 368 g/mol. The number of amides is 1. The molecule has 0 aliphatic rings. The fourth-order valence-electron chi connectivity index (χ4n) is 2.77. The van der Waals surface area contributed by atoms with Crippen molar-refractivity contribution in [3.05, 3.63) is 114 Å². The number of pyridine rings is 1. The minimum Gasteiger partial charge on any atom is -0.379 e. The van der Waals surface area contributed by atoms with Crippen molar-refractivity contribution >= 4 is 5.91 Å². The summed E-state index contributed by atoms with van der Waals surface area (Å²) in [5.74, 6) is -0.432. The molecule has 3 aromatic rings. The van der Waals surface area contributed by atoms with E-state index in [0.717, 1.165) is 16.7 Å². The van der Waals surface area contributed by atoms with E-state index >= 15 is 0 Å². The number of nitrogens with zero attached hydrogens (tertiary/aromatic N) is 2. The lowest BCUT2D eigenvalue weighted by atomic mass is 9.99. The molecule has 0 saturated carbocycles. The van der Waals surface area contributed by atoms with Gasteiger partial charge < -0.3 is 10.6 Å². The summed E-state index contributed by atoms with van der Waals surface area (Å²) in [7, 11) is 0. The molecule has 2 N–H and O–H groups in total. The first-order valence-corrected chi connectivity index (χ1v) is 8.91. The maximum Gasteiger partial charge on any atom is 0.263 e. The molecule has 1 aromatic heterocycles. The number of carbonyl (C=O) groups excluding carboxylic acids is 1. The SMILES string of the molecule is N#C/C(=C/NC(c1ccccc1)c1ccccc1)C(=O)NCc1cccnc1. The largest absolute Gasteiger partial charge is 0.379 e. The van der Waals surface area contributed by atoms with Gasteiger partial charge in [-0.2, -0.15) is 5.26 Å². The van der Waals surface area contributed by atoms with E-state index in [4.69, 9.17) is 0 Å². The lowest BCUT2D eigenvalue weighted by Crippen LogP contribution is -2.26. The first-order valence-electron chi connectivity index (χ1n) is 8.91. The molecule has 5 nitrogen and oxygen atoms in total. The van der Waals surface area contributed by atoms with Gasteiger partial charge in [0.15, 0.2) is 0 Å². The van der Waals surface area contributed by atoms with Crippen LogP contribution in [0.4, 0.5) is 0 Å². The lowest BCUT2D eigenvalue weighted by molar-refractivity contribution is -0.117. The smallest absolute Gasteiger partial charge is 0.263 e. The third kappa shape index (κ3) is 5.05. The van der Waals surface area contributed by atoms with Gasteiger partial charge in [0.1, 0.15) is 11.6 Å². The van der Waals surface area contributed by atoms with Gasteiger partial charge in [-0.25, -0.2) is 0 Å². The predicted octanol–water partition coefficient (Wildman–Crippen LogP) is 3.48. The van der Waals surface area contributed by atoms with Crippen LogP contribution in [-0.2, 0) is 11.3 Å². The van der Waals surface area contributed by atoms with Crippen LogP contribution in [0.25, 0.3) is 0 Å².